The zero-order valence-electron chi connectivity index (χ0n) is 6.98. The van der Waals surface area contributed by atoms with Crippen molar-refractivity contribution in [3.63, 3.8) is 0 Å². The third-order valence-corrected chi connectivity index (χ3v) is 3.13. The zero-order chi connectivity index (χ0) is 8.48. The molecule has 1 amide bonds. The quantitative estimate of drug-likeness (QED) is 0.706. The molecule has 1 fully saturated rings. The Hall–Kier alpha value is -0.0500. The Morgan fingerprint density at radius 3 is 2.36 bits per heavy atom. The van der Waals surface area contributed by atoms with E-state index in [1.54, 1.807) is 0 Å². The first-order valence-electron chi connectivity index (χ1n) is 4.04. The number of hydrogen-bond donors (Lipinski definition) is 1. The second kappa shape index (κ2) is 3.13. The molecule has 0 bridgehead atoms. The van der Waals surface area contributed by atoms with E-state index in [0.717, 1.165) is 19.3 Å². The summed E-state index contributed by atoms with van der Waals surface area (Å²) in [5.74, 6) is 0.152. The highest BCUT2D eigenvalue weighted by molar-refractivity contribution is 9.10. The SMILES string of the molecule is CC(C)NC(=O)C1(Br)CCC1. The molecule has 0 radical (unpaired) electrons. The summed E-state index contributed by atoms with van der Waals surface area (Å²) in [5, 5.41) is 2.90. The number of hydrogen-bond acceptors (Lipinski definition) is 1. The molecule has 0 atom stereocenters. The minimum Gasteiger partial charge on any atom is -0.353 e. The number of carbonyl (C=O) groups is 1. The molecule has 1 aliphatic rings. The van der Waals surface area contributed by atoms with Crippen molar-refractivity contribution in [2.75, 3.05) is 0 Å². The molecule has 0 aromatic heterocycles. The molecule has 0 aliphatic heterocycles. The Balaban J connectivity index is 2.40. The van der Waals surface area contributed by atoms with Crippen molar-refractivity contribution >= 4 is 21.8 Å². The second-order valence-corrected chi connectivity index (χ2v) is 4.96. The van der Waals surface area contributed by atoms with Gasteiger partial charge in [-0.25, -0.2) is 0 Å². The molecule has 0 aromatic carbocycles. The molecule has 0 aromatic rings. The number of nitrogens with one attached hydrogen (secondary N) is 1. The van der Waals surface area contributed by atoms with E-state index in [-0.39, 0.29) is 16.3 Å². The first-order valence-corrected chi connectivity index (χ1v) is 4.84. The van der Waals surface area contributed by atoms with Gasteiger partial charge in [0.15, 0.2) is 0 Å². The van der Waals surface area contributed by atoms with E-state index in [9.17, 15) is 4.79 Å². The van der Waals surface area contributed by atoms with Crippen molar-refractivity contribution in [2.24, 2.45) is 0 Å². The number of amides is 1. The van der Waals surface area contributed by atoms with E-state index < -0.39 is 0 Å². The van der Waals surface area contributed by atoms with Gasteiger partial charge in [-0.2, -0.15) is 0 Å². The van der Waals surface area contributed by atoms with Gasteiger partial charge in [0.1, 0.15) is 4.32 Å². The van der Waals surface area contributed by atoms with Crippen LogP contribution in [0.1, 0.15) is 33.1 Å². The van der Waals surface area contributed by atoms with Crippen molar-refractivity contribution in [3.05, 3.63) is 0 Å². The summed E-state index contributed by atoms with van der Waals surface area (Å²) in [6, 6.07) is 0.248. The summed E-state index contributed by atoms with van der Waals surface area (Å²) in [5.41, 5.74) is 0. The Bertz CT molecular complexity index is 163. The fourth-order valence-corrected chi connectivity index (χ4v) is 1.78. The molecular weight excluding hydrogens is 206 g/mol. The molecule has 11 heavy (non-hydrogen) atoms. The molecule has 3 heteroatoms. The first-order chi connectivity index (χ1) is 5.04. The average molecular weight is 220 g/mol. The van der Waals surface area contributed by atoms with Gasteiger partial charge in [-0.15, -0.1) is 0 Å². The van der Waals surface area contributed by atoms with Gasteiger partial charge < -0.3 is 5.32 Å². The van der Waals surface area contributed by atoms with Crippen LogP contribution in [0.4, 0.5) is 0 Å². The Kier molecular flexibility index (Phi) is 2.58. The van der Waals surface area contributed by atoms with Crippen LogP contribution in [-0.4, -0.2) is 16.3 Å². The van der Waals surface area contributed by atoms with Crippen molar-refractivity contribution in [1.82, 2.24) is 5.32 Å². The lowest BCUT2D eigenvalue weighted by Crippen LogP contribution is -2.48. The molecule has 0 unspecified atom stereocenters. The molecule has 1 rings (SSSR count). The van der Waals surface area contributed by atoms with Gasteiger partial charge in [0.25, 0.3) is 0 Å². The standard InChI is InChI=1S/C8H14BrNO/c1-6(2)10-7(11)8(9)4-3-5-8/h6H,3-5H2,1-2H3,(H,10,11). The van der Waals surface area contributed by atoms with Crippen LogP contribution in [0.5, 0.6) is 0 Å². The molecule has 64 valence electrons. The first kappa shape index (κ1) is 9.04. The Morgan fingerprint density at radius 2 is 2.09 bits per heavy atom. The molecule has 1 N–H and O–H groups in total. The minimum atomic E-state index is -0.225. The number of halogens is 1. The summed E-state index contributed by atoms with van der Waals surface area (Å²) in [6.45, 7) is 3.96. The van der Waals surface area contributed by atoms with Gasteiger partial charge >= 0.3 is 0 Å². The van der Waals surface area contributed by atoms with Gasteiger partial charge in [0.05, 0.1) is 0 Å². The van der Waals surface area contributed by atoms with Crippen molar-refractivity contribution in [2.45, 2.75) is 43.5 Å². The third-order valence-electron chi connectivity index (χ3n) is 1.97. The predicted molar refractivity (Wildman–Crippen MR) is 48.8 cm³/mol. The summed E-state index contributed by atoms with van der Waals surface area (Å²) >= 11 is 3.45. The van der Waals surface area contributed by atoms with E-state index in [2.05, 4.69) is 21.2 Å². The molecule has 0 spiro atoms. The number of rotatable bonds is 2. The van der Waals surface area contributed by atoms with Crippen LogP contribution in [0.3, 0.4) is 0 Å². The average Bonchev–Trinajstić information content (AvgIpc) is 1.81. The number of alkyl halides is 1. The third kappa shape index (κ3) is 1.95. The van der Waals surface area contributed by atoms with Gasteiger partial charge in [0, 0.05) is 6.04 Å². The molecule has 0 saturated heterocycles. The summed E-state index contributed by atoms with van der Waals surface area (Å²) in [7, 11) is 0. The molecule has 2 nitrogen and oxygen atoms in total. The van der Waals surface area contributed by atoms with Crippen LogP contribution in [0.15, 0.2) is 0 Å². The maximum absolute atomic E-state index is 11.4. The summed E-state index contributed by atoms with van der Waals surface area (Å²) in [4.78, 5) is 11.4. The highest BCUT2D eigenvalue weighted by Gasteiger charge is 2.41. The van der Waals surface area contributed by atoms with E-state index in [4.69, 9.17) is 0 Å². The van der Waals surface area contributed by atoms with Gasteiger partial charge in [-0.3, -0.25) is 4.79 Å². The lowest BCUT2D eigenvalue weighted by molar-refractivity contribution is -0.125. The van der Waals surface area contributed by atoms with Crippen LogP contribution in [0, 0.1) is 0 Å². The van der Waals surface area contributed by atoms with E-state index in [1.807, 2.05) is 13.8 Å². The summed E-state index contributed by atoms with van der Waals surface area (Å²) < 4.78 is -0.225. The largest absolute Gasteiger partial charge is 0.353 e. The van der Waals surface area contributed by atoms with Gasteiger partial charge in [0.2, 0.25) is 5.91 Å². The molecule has 1 saturated carbocycles. The Labute approximate surface area is 75.9 Å². The minimum absolute atomic E-state index is 0.152. The molecular formula is C8H14BrNO. The normalized spacial score (nSPS) is 21.1. The lowest BCUT2D eigenvalue weighted by Gasteiger charge is -2.35. The zero-order valence-corrected chi connectivity index (χ0v) is 8.57. The lowest BCUT2D eigenvalue weighted by atomic mass is 9.84. The second-order valence-electron chi connectivity index (χ2n) is 3.45. The maximum Gasteiger partial charge on any atom is 0.237 e. The topological polar surface area (TPSA) is 29.1 Å². The van der Waals surface area contributed by atoms with Crippen LogP contribution < -0.4 is 5.32 Å². The maximum atomic E-state index is 11.4. The highest BCUT2D eigenvalue weighted by Crippen LogP contribution is 2.40. The fraction of sp³-hybridized carbons (Fsp3) is 0.875. The Morgan fingerprint density at radius 1 is 1.55 bits per heavy atom. The van der Waals surface area contributed by atoms with Crippen LogP contribution in [0.2, 0.25) is 0 Å². The fourth-order valence-electron chi connectivity index (χ4n) is 1.11. The highest BCUT2D eigenvalue weighted by atomic mass is 79.9. The van der Waals surface area contributed by atoms with Crippen molar-refractivity contribution in [1.29, 1.82) is 0 Å². The van der Waals surface area contributed by atoms with Gasteiger partial charge in [-0.1, -0.05) is 15.9 Å². The molecule has 0 heterocycles. The van der Waals surface area contributed by atoms with E-state index in [1.165, 1.54) is 0 Å². The predicted octanol–water partition coefficient (Wildman–Crippen LogP) is 1.83. The van der Waals surface area contributed by atoms with E-state index in [0.29, 0.717) is 0 Å². The monoisotopic (exact) mass is 219 g/mol. The van der Waals surface area contributed by atoms with Crippen molar-refractivity contribution in [3.8, 4) is 0 Å². The van der Waals surface area contributed by atoms with Crippen LogP contribution in [-0.2, 0) is 4.79 Å². The van der Waals surface area contributed by atoms with Crippen molar-refractivity contribution < 1.29 is 4.79 Å². The number of carbonyl (C=O) groups excluding carboxylic acids is 1. The molecule has 1 aliphatic carbocycles. The smallest absolute Gasteiger partial charge is 0.237 e. The summed E-state index contributed by atoms with van der Waals surface area (Å²) in [6.07, 6.45) is 3.12. The van der Waals surface area contributed by atoms with E-state index >= 15 is 0 Å². The van der Waals surface area contributed by atoms with Crippen LogP contribution in [0.25, 0.3) is 0 Å². The van der Waals surface area contributed by atoms with Gasteiger partial charge in [-0.05, 0) is 33.1 Å². The van der Waals surface area contributed by atoms with Crippen LogP contribution >= 0.6 is 15.9 Å².